The van der Waals surface area contributed by atoms with Crippen molar-refractivity contribution in [2.45, 2.75) is 38.8 Å². The normalized spacial score (nSPS) is 18.6. The maximum absolute atomic E-state index is 12.3. The quantitative estimate of drug-likeness (QED) is 0.762. The molecule has 1 N–H and O–H groups in total. The van der Waals surface area contributed by atoms with Crippen LogP contribution >= 0.6 is 0 Å². The van der Waals surface area contributed by atoms with Gasteiger partial charge in [0.05, 0.1) is 0 Å². The molecule has 1 heterocycles. The Bertz CT molecular complexity index is 704. The van der Waals surface area contributed by atoms with Crippen LogP contribution in [0.5, 0.6) is 0 Å². The van der Waals surface area contributed by atoms with Crippen molar-refractivity contribution in [2.75, 3.05) is 31.5 Å². The lowest BCUT2D eigenvalue weighted by Crippen LogP contribution is -2.39. The van der Waals surface area contributed by atoms with Crippen LogP contribution in [0.2, 0.25) is 0 Å². The van der Waals surface area contributed by atoms with Crippen LogP contribution in [0, 0.1) is 0 Å². The summed E-state index contributed by atoms with van der Waals surface area (Å²) < 4.78 is 0. The summed E-state index contributed by atoms with van der Waals surface area (Å²) in [4.78, 5) is 17.3. The van der Waals surface area contributed by atoms with Gasteiger partial charge in [0, 0.05) is 43.8 Å². The lowest BCUT2D eigenvalue weighted by Gasteiger charge is -2.29. The van der Waals surface area contributed by atoms with Gasteiger partial charge in [-0.2, -0.15) is 0 Å². The van der Waals surface area contributed by atoms with E-state index in [0.29, 0.717) is 18.5 Å². The number of nitrogens with zero attached hydrogens (tertiary/aromatic N) is 2. The second-order valence-electron chi connectivity index (χ2n) is 7.32. The summed E-state index contributed by atoms with van der Waals surface area (Å²) in [5, 5.41) is 2.98. The van der Waals surface area contributed by atoms with E-state index in [0.717, 1.165) is 31.9 Å². The van der Waals surface area contributed by atoms with Gasteiger partial charge in [-0.1, -0.05) is 55.5 Å². The van der Waals surface area contributed by atoms with Gasteiger partial charge in [0.15, 0.2) is 0 Å². The summed E-state index contributed by atoms with van der Waals surface area (Å²) in [6.07, 6.45) is 1.71. The summed E-state index contributed by atoms with van der Waals surface area (Å²) in [6, 6.07) is 21.4. The SMILES string of the molecule is CCN(CCC(=O)Nc1ccccc1)C1CCN(C(C)c2ccccc2)C1. The van der Waals surface area contributed by atoms with Crippen LogP contribution in [0.25, 0.3) is 0 Å². The molecule has 0 bridgehead atoms. The molecule has 4 heteroatoms. The number of amides is 1. The Kier molecular flexibility index (Phi) is 7.02. The van der Waals surface area contributed by atoms with Crippen molar-refractivity contribution in [1.82, 2.24) is 9.80 Å². The molecule has 1 saturated heterocycles. The number of anilines is 1. The number of carbonyl (C=O) groups excluding carboxylic acids is 1. The minimum absolute atomic E-state index is 0.0900. The first-order chi connectivity index (χ1) is 13.2. The Morgan fingerprint density at radius 3 is 2.48 bits per heavy atom. The Morgan fingerprint density at radius 2 is 1.81 bits per heavy atom. The standard InChI is InChI=1S/C23H31N3O/c1-3-25(17-15-23(27)24-21-12-8-5-9-13-21)22-14-16-26(18-22)19(2)20-10-6-4-7-11-20/h4-13,19,22H,3,14-18H2,1-2H3,(H,24,27). The lowest BCUT2D eigenvalue weighted by molar-refractivity contribution is -0.116. The van der Waals surface area contributed by atoms with Gasteiger partial charge < -0.3 is 5.32 Å². The van der Waals surface area contributed by atoms with Crippen LogP contribution in [0.1, 0.15) is 38.3 Å². The molecular weight excluding hydrogens is 334 g/mol. The molecule has 1 aliphatic rings. The van der Waals surface area contributed by atoms with Crippen molar-refractivity contribution in [3.8, 4) is 0 Å². The van der Waals surface area contributed by atoms with Crippen molar-refractivity contribution < 1.29 is 4.79 Å². The van der Waals surface area contributed by atoms with Gasteiger partial charge in [0.25, 0.3) is 0 Å². The third-order valence-electron chi connectivity index (χ3n) is 5.63. The van der Waals surface area contributed by atoms with E-state index in [2.05, 4.69) is 59.3 Å². The van der Waals surface area contributed by atoms with E-state index < -0.39 is 0 Å². The van der Waals surface area contributed by atoms with Crippen molar-refractivity contribution in [1.29, 1.82) is 0 Å². The molecule has 4 nitrogen and oxygen atoms in total. The number of likely N-dealkylation sites (N-methyl/N-ethyl adjacent to an activating group) is 1. The maximum Gasteiger partial charge on any atom is 0.225 e. The van der Waals surface area contributed by atoms with E-state index in [1.165, 1.54) is 12.0 Å². The van der Waals surface area contributed by atoms with Crippen LogP contribution in [-0.4, -0.2) is 47.9 Å². The zero-order valence-corrected chi connectivity index (χ0v) is 16.5. The fourth-order valence-electron chi connectivity index (χ4n) is 3.95. The molecule has 1 aliphatic heterocycles. The van der Waals surface area contributed by atoms with Crippen molar-refractivity contribution in [3.05, 3.63) is 66.2 Å². The maximum atomic E-state index is 12.3. The molecule has 2 aromatic carbocycles. The Hall–Kier alpha value is -2.17. The summed E-state index contributed by atoms with van der Waals surface area (Å²) in [5.41, 5.74) is 2.25. The van der Waals surface area contributed by atoms with E-state index >= 15 is 0 Å². The number of benzene rings is 2. The minimum Gasteiger partial charge on any atom is -0.326 e. The van der Waals surface area contributed by atoms with Crippen LogP contribution in [0.4, 0.5) is 5.69 Å². The largest absolute Gasteiger partial charge is 0.326 e. The highest BCUT2D eigenvalue weighted by atomic mass is 16.1. The molecule has 0 aliphatic carbocycles. The first-order valence-electron chi connectivity index (χ1n) is 10.0. The summed E-state index contributed by atoms with van der Waals surface area (Å²) in [7, 11) is 0. The zero-order chi connectivity index (χ0) is 19.1. The number of likely N-dealkylation sites (tertiary alicyclic amines) is 1. The van der Waals surface area contributed by atoms with Gasteiger partial charge in [0.2, 0.25) is 5.91 Å². The average Bonchev–Trinajstić information content (AvgIpc) is 3.19. The molecular formula is C23H31N3O. The number of rotatable bonds is 8. The third-order valence-corrected chi connectivity index (χ3v) is 5.63. The number of para-hydroxylation sites is 1. The molecule has 2 unspecified atom stereocenters. The van der Waals surface area contributed by atoms with Crippen molar-refractivity contribution >= 4 is 11.6 Å². The second kappa shape index (κ2) is 9.67. The van der Waals surface area contributed by atoms with Crippen LogP contribution in [0.3, 0.4) is 0 Å². The van der Waals surface area contributed by atoms with E-state index in [1.54, 1.807) is 0 Å². The fourth-order valence-corrected chi connectivity index (χ4v) is 3.95. The highest BCUT2D eigenvalue weighted by Crippen LogP contribution is 2.26. The number of hydrogen-bond donors (Lipinski definition) is 1. The molecule has 0 radical (unpaired) electrons. The Balaban J connectivity index is 1.49. The lowest BCUT2D eigenvalue weighted by atomic mass is 10.1. The van der Waals surface area contributed by atoms with Crippen molar-refractivity contribution in [2.24, 2.45) is 0 Å². The molecule has 1 fully saturated rings. The first-order valence-corrected chi connectivity index (χ1v) is 10.0. The first kappa shape index (κ1) is 19.6. The van der Waals surface area contributed by atoms with Crippen LogP contribution in [0.15, 0.2) is 60.7 Å². The molecule has 27 heavy (non-hydrogen) atoms. The molecule has 0 spiro atoms. The number of carbonyl (C=O) groups is 1. The van der Waals surface area contributed by atoms with Gasteiger partial charge in [-0.3, -0.25) is 14.6 Å². The predicted molar refractivity (Wildman–Crippen MR) is 112 cm³/mol. The smallest absolute Gasteiger partial charge is 0.225 e. The topological polar surface area (TPSA) is 35.6 Å². The second-order valence-corrected chi connectivity index (χ2v) is 7.32. The Morgan fingerprint density at radius 1 is 1.15 bits per heavy atom. The molecule has 0 aromatic heterocycles. The molecule has 3 rings (SSSR count). The van der Waals surface area contributed by atoms with E-state index in [9.17, 15) is 4.79 Å². The number of hydrogen-bond acceptors (Lipinski definition) is 3. The van der Waals surface area contributed by atoms with Gasteiger partial charge in [-0.25, -0.2) is 0 Å². The fraction of sp³-hybridized carbons (Fsp3) is 0.435. The van der Waals surface area contributed by atoms with Crippen LogP contribution in [-0.2, 0) is 4.79 Å². The monoisotopic (exact) mass is 365 g/mol. The molecule has 1 amide bonds. The summed E-state index contributed by atoms with van der Waals surface area (Å²) >= 11 is 0. The van der Waals surface area contributed by atoms with Crippen LogP contribution < -0.4 is 5.32 Å². The van der Waals surface area contributed by atoms with E-state index in [1.807, 2.05) is 30.3 Å². The molecule has 0 saturated carbocycles. The van der Waals surface area contributed by atoms with E-state index in [4.69, 9.17) is 0 Å². The highest BCUT2D eigenvalue weighted by Gasteiger charge is 2.30. The van der Waals surface area contributed by atoms with Crippen molar-refractivity contribution in [3.63, 3.8) is 0 Å². The number of nitrogens with one attached hydrogen (secondary N) is 1. The molecule has 144 valence electrons. The average molecular weight is 366 g/mol. The zero-order valence-electron chi connectivity index (χ0n) is 16.5. The van der Waals surface area contributed by atoms with Gasteiger partial charge in [-0.05, 0) is 37.6 Å². The highest BCUT2D eigenvalue weighted by molar-refractivity contribution is 5.90. The predicted octanol–water partition coefficient (Wildman–Crippen LogP) is 4.17. The van der Waals surface area contributed by atoms with E-state index in [-0.39, 0.29) is 5.91 Å². The molecule has 2 atom stereocenters. The van der Waals surface area contributed by atoms with Gasteiger partial charge >= 0.3 is 0 Å². The summed E-state index contributed by atoms with van der Waals surface area (Å²) in [5.74, 6) is 0.0900. The minimum atomic E-state index is 0.0900. The summed E-state index contributed by atoms with van der Waals surface area (Å²) in [6.45, 7) is 8.47. The third kappa shape index (κ3) is 5.41. The molecule has 2 aromatic rings. The van der Waals surface area contributed by atoms with Gasteiger partial charge in [-0.15, -0.1) is 0 Å². The Labute approximate surface area is 163 Å². The van der Waals surface area contributed by atoms with Gasteiger partial charge in [0.1, 0.15) is 0 Å².